The van der Waals surface area contributed by atoms with Crippen molar-refractivity contribution in [2.24, 2.45) is 5.92 Å². The Balaban J connectivity index is 1.60. The van der Waals surface area contributed by atoms with Crippen molar-refractivity contribution < 1.29 is 9.32 Å². The maximum Gasteiger partial charge on any atom is 0.240 e. The van der Waals surface area contributed by atoms with Gasteiger partial charge in [0.25, 0.3) is 0 Å². The van der Waals surface area contributed by atoms with Crippen molar-refractivity contribution in [1.29, 1.82) is 0 Å². The number of carbonyl (C=O) groups is 1. The second-order valence-corrected chi connectivity index (χ2v) is 7.56. The number of hydrogen-bond donors (Lipinski definition) is 0. The fourth-order valence-electron chi connectivity index (χ4n) is 4.07. The van der Waals surface area contributed by atoms with Gasteiger partial charge in [0.05, 0.1) is 6.04 Å². The standard InChI is InChI=1S/C18H30N4O2/c1-13(2)16(21-9-5-4-6-10-21)18(23)22-11-7-15(8-12-22)17-19-14(3)20-24-17/h13,15-16H,4-12H2,1-3H3. The van der Waals surface area contributed by atoms with E-state index in [1.54, 1.807) is 0 Å². The third kappa shape index (κ3) is 3.79. The van der Waals surface area contributed by atoms with E-state index < -0.39 is 0 Å². The highest BCUT2D eigenvalue weighted by Gasteiger charge is 2.35. The average Bonchev–Trinajstić information content (AvgIpc) is 3.02. The number of aryl methyl sites for hydroxylation is 1. The van der Waals surface area contributed by atoms with Crippen molar-refractivity contribution in [2.75, 3.05) is 26.2 Å². The summed E-state index contributed by atoms with van der Waals surface area (Å²) in [5.74, 6) is 2.38. The fourth-order valence-corrected chi connectivity index (χ4v) is 4.07. The van der Waals surface area contributed by atoms with Gasteiger partial charge < -0.3 is 9.42 Å². The molecule has 1 aromatic heterocycles. The maximum atomic E-state index is 13.1. The smallest absolute Gasteiger partial charge is 0.240 e. The lowest BCUT2D eigenvalue weighted by molar-refractivity contribution is -0.140. The van der Waals surface area contributed by atoms with Crippen LogP contribution in [0.2, 0.25) is 0 Å². The summed E-state index contributed by atoms with van der Waals surface area (Å²) in [6.07, 6.45) is 5.56. The molecule has 2 aliphatic heterocycles. The molecule has 1 amide bonds. The number of amides is 1. The molecule has 0 spiro atoms. The van der Waals surface area contributed by atoms with Crippen molar-refractivity contribution in [3.63, 3.8) is 0 Å². The van der Waals surface area contributed by atoms with Crippen LogP contribution in [0.4, 0.5) is 0 Å². The molecule has 0 N–H and O–H groups in total. The lowest BCUT2D eigenvalue weighted by Gasteiger charge is -2.40. The zero-order chi connectivity index (χ0) is 17.1. The molecule has 2 fully saturated rings. The van der Waals surface area contributed by atoms with Crippen LogP contribution >= 0.6 is 0 Å². The van der Waals surface area contributed by atoms with E-state index in [1.165, 1.54) is 19.3 Å². The highest BCUT2D eigenvalue weighted by atomic mass is 16.5. The monoisotopic (exact) mass is 334 g/mol. The molecule has 2 aliphatic rings. The Hall–Kier alpha value is -1.43. The van der Waals surface area contributed by atoms with Gasteiger partial charge in [0, 0.05) is 19.0 Å². The summed E-state index contributed by atoms with van der Waals surface area (Å²) in [4.78, 5) is 21.9. The SMILES string of the molecule is Cc1noc(C2CCN(C(=O)C(C(C)C)N3CCCCC3)CC2)n1. The van der Waals surface area contributed by atoms with Crippen LogP contribution in [0.25, 0.3) is 0 Å². The van der Waals surface area contributed by atoms with Gasteiger partial charge in [-0.2, -0.15) is 4.98 Å². The number of aromatic nitrogens is 2. The zero-order valence-electron chi connectivity index (χ0n) is 15.2. The Labute approximate surface area is 144 Å². The average molecular weight is 334 g/mol. The van der Waals surface area contributed by atoms with E-state index in [-0.39, 0.29) is 6.04 Å². The Kier molecular flexibility index (Phi) is 5.54. The number of piperidine rings is 2. The first-order valence-corrected chi connectivity index (χ1v) is 9.39. The third-order valence-corrected chi connectivity index (χ3v) is 5.37. The summed E-state index contributed by atoms with van der Waals surface area (Å²) in [6, 6.07) is 0.0347. The fraction of sp³-hybridized carbons (Fsp3) is 0.833. The largest absolute Gasteiger partial charge is 0.341 e. The number of hydrogen-bond acceptors (Lipinski definition) is 5. The summed E-state index contributed by atoms with van der Waals surface area (Å²) in [6.45, 7) is 9.90. The van der Waals surface area contributed by atoms with E-state index >= 15 is 0 Å². The first-order chi connectivity index (χ1) is 11.6. The summed E-state index contributed by atoms with van der Waals surface area (Å²) in [7, 11) is 0. The number of rotatable bonds is 4. The highest BCUT2D eigenvalue weighted by molar-refractivity contribution is 5.82. The number of carbonyl (C=O) groups excluding carboxylic acids is 1. The van der Waals surface area contributed by atoms with Crippen LogP contribution in [-0.4, -0.2) is 58.1 Å². The minimum atomic E-state index is 0.0347. The van der Waals surface area contributed by atoms with Crippen LogP contribution in [0, 0.1) is 12.8 Å². The van der Waals surface area contributed by atoms with Crippen molar-refractivity contribution in [3.8, 4) is 0 Å². The highest BCUT2D eigenvalue weighted by Crippen LogP contribution is 2.28. The van der Waals surface area contributed by atoms with Gasteiger partial charge in [-0.15, -0.1) is 0 Å². The van der Waals surface area contributed by atoms with E-state index in [4.69, 9.17) is 4.52 Å². The van der Waals surface area contributed by atoms with Gasteiger partial charge in [-0.3, -0.25) is 9.69 Å². The van der Waals surface area contributed by atoms with Crippen LogP contribution < -0.4 is 0 Å². The van der Waals surface area contributed by atoms with Gasteiger partial charge in [-0.1, -0.05) is 25.4 Å². The Morgan fingerprint density at radius 3 is 2.33 bits per heavy atom. The second-order valence-electron chi connectivity index (χ2n) is 7.56. The van der Waals surface area contributed by atoms with E-state index in [0.717, 1.165) is 44.9 Å². The Morgan fingerprint density at radius 2 is 1.79 bits per heavy atom. The Bertz CT molecular complexity index is 543. The van der Waals surface area contributed by atoms with Crippen molar-refractivity contribution in [2.45, 2.75) is 64.8 Å². The van der Waals surface area contributed by atoms with Gasteiger partial charge in [-0.05, 0) is 51.6 Å². The van der Waals surface area contributed by atoms with Crippen molar-refractivity contribution >= 4 is 5.91 Å². The summed E-state index contributed by atoms with van der Waals surface area (Å²) in [5, 5.41) is 3.89. The number of likely N-dealkylation sites (tertiary alicyclic amines) is 2. The first kappa shape index (κ1) is 17.4. The Morgan fingerprint density at radius 1 is 1.12 bits per heavy atom. The molecule has 0 aromatic carbocycles. The molecule has 6 nitrogen and oxygen atoms in total. The van der Waals surface area contributed by atoms with Gasteiger partial charge in [0.15, 0.2) is 5.82 Å². The predicted octanol–water partition coefficient (Wildman–Crippen LogP) is 2.59. The lowest BCUT2D eigenvalue weighted by atomic mass is 9.93. The molecular weight excluding hydrogens is 304 g/mol. The molecule has 6 heteroatoms. The zero-order valence-corrected chi connectivity index (χ0v) is 15.2. The summed E-state index contributed by atoms with van der Waals surface area (Å²) in [5.41, 5.74) is 0. The molecule has 1 atom stereocenters. The van der Waals surface area contributed by atoms with Crippen LogP contribution in [0.1, 0.15) is 63.6 Å². The van der Waals surface area contributed by atoms with Crippen molar-refractivity contribution in [3.05, 3.63) is 11.7 Å². The molecule has 3 heterocycles. The molecule has 1 unspecified atom stereocenters. The first-order valence-electron chi connectivity index (χ1n) is 9.39. The maximum absolute atomic E-state index is 13.1. The number of nitrogens with zero attached hydrogens (tertiary/aromatic N) is 4. The van der Waals surface area contributed by atoms with E-state index in [0.29, 0.717) is 23.6 Å². The van der Waals surface area contributed by atoms with Crippen LogP contribution in [0.3, 0.4) is 0 Å². The minimum Gasteiger partial charge on any atom is -0.341 e. The molecule has 0 bridgehead atoms. The molecule has 24 heavy (non-hydrogen) atoms. The predicted molar refractivity (Wildman–Crippen MR) is 91.6 cm³/mol. The second kappa shape index (κ2) is 7.64. The van der Waals surface area contributed by atoms with Crippen molar-refractivity contribution in [1.82, 2.24) is 19.9 Å². The molecule has 2 saturated heterocycles. The minimum absolute atomic E-state index is 0.0347. The van der Waals surface area contributed by atoms with Crippen LogP contribution in [0.15, 0.2) is 4.52 Å². The lowest BCUT2D eigenvalue weighted by Crippen LogP contribution is -2.54. The summed E-state index contributed by atoms with van der Waals surface area (Å²) < 4.78 is 5.31. The van der Waals surface area contributed by atoms with Gasteiger partial charge in [0.1, 0.15) is 0 Å². The molecule has 0 aliphatic carbocycles. The topological polar surface area (TPSA) is 62.5 Å². The van der Waals surface area contributed by atoms with E-state index in [1.807, 2.05) is 6.92 Å². The van der Waals surface area contributed by atoms with Crippen LogP contribution in [-0.2, 0) is 4.79 Å². The van der Waals surface area contributed by atoms with Gasteiger partial charge in [-0.25, -0.2) is 0 Å². The normalized spacial score (nSPS) is 22.1. The van der Waals surface area contributed by atoms with Crippen LogP contribution in [0.5, 0.6) is 0 Å². The molecule has 3 rings (SSSR count). The molecular formula is C18H30N4O2. The molecule has 1 aromatic rings. The molecule has 134 valence electrons. The van der Waals surface area contributed by atoms with E-state index in [9.17, 15) is 4.79 Å². The van der Waals surface area contributed by atoms with Gasteiger partial charge in [0.2, 0.25) is 11.8 Å². The quantitative estimate of drug-likeness (QED) is 0.847. The third-order valence-electron chi connectivity index (χ3n) is 5.37. The molecule has 0 radical (unpaired) electrons. The molecule has 0 saturated carbocycles. The van der Waals surface area contributed by atoms with Gasteiger partial charge >= 0.3 is 0 Å². The summed E-state index contributed by atoms with van der Waals surface area (Å²) >= 11 is 0. The van der Waals surface area contributed by atoms with E-state index in [2.05, 4.69) is 33.8 Å².